The highest BCUT2D eigenvalue weighted by atomic mass is 16.6. The monoisotopic (exact) mass is 314 g/mol. The van der Waals surface area contributed by atoms with Crippen molar-refractivity contribution in [2.45, 2.75) is 58.5 Å². The van der Waals surface area contributed by atoms with Crippen molar-refractivity contribution in [3.05, 3.63) is 0 Å². The first-order valence-corrected chi connectivity index (χ1v) is 7.85. The van der Waals surface area contributed by atoms with Crippen molar-refractivity contribution in [1.29, 1.82) is 0 Å². The van der Waals surface area contributed by atoms with E-state index in [-0.39, 0.29) is 5.92 Å². The number of amides is 2. The van der Waals surface area contributed by atoms with Crippen molar-refractivity contribution in [3.8, 4) is 0 Å². The Morgan fingerprint density at radius 1 is 1.36 bits per heavy atom. The number of nitrogens with zero attached hydrogens (tertiary/aromatic N) is 1. The topological polar surface area (TPSA) is 95.9 Å². The Morgan fingerprint density at radius 2 is 2.05 bits per heavy atom. The second-order valence-electron chi connectivity index (χ2n) is 5.89. The van der Waals surface area contributed by atoms with Crippen molar-refractivity contribution in [1.82, 2.24) is 10.2 Å². The van der Waals surface area contributed by atoms with Crippen LogP contribution in [0.1, 0.15) is 46.5 Å². The number of nitrogens with one attached hydrogen (secondary N) is 1. The molecule has 0 saturated carbocycles. The second kappa shape index (κ2) is 8.60. The molecule has 1 heterocycles. The van der Waals surface area contributed by atoms with E-state index in [9.17, 15) is 14.4 Å². The maximum absolute atomic E-state index is 12.3. The van der Waals surface area contributed by atoms with Crippen LogP contribution < -0.4 is 5.32 Å². The first-order chi connectivity index (χ1) is 10.4. The number of unbranched alkanes of at least 4 members (excludes halogenated alkanes) is 1. The first kappa shape index (κ1) is 18.3. The average Bonchev–Trinajstić information content (AvgIpc) is 2.93. The molecule has 0 radical (unpaired) electrons. The molecule has 0 aromatic heterocycles. The Hall–Kier alpha value is -1.79. The number of hydrogen-bond donors (Lipinski definition) is 2. The number of carboxylic acid groups (broad SMARTS) is 1. The Labute approximate surface area is 131 Å². The van der Waals surface area contributed by atoms with Crippen LogP contribution in [0.5, 0.6) is 0 Å². The molecule has 126 valence electrons. The Bertz CT molecular complexity index is 411. The van der Waals surface area contributed by atoms with E-state index >= 15 is 0 Å². The summed E-state index contributed by atoms with van der Waals surface area (Å²) in [6.07, 6.45) is 2.44. The zero-order valence-corrected chi connectivity index (χ0v) is 13.5. The number of carboxylic acids is 1. The maximum atomic E-state index is 12.3. The van der Waals surface area contributed by atoms with Crippen molar-refractivity contribution >= 4 is 18.0 Å². The molecule has 1 aliphatic heterocycles. The standard InChI is InChI=1S/C15H26N2O5/c1-4-5-9-22-15(21)17-8-6-7-11(17)13(18)16-12(10(2)3)14(19)20/h10-12H,4-9H2,1-3H3,(H,16,18)(H,19,20). The molecule has 0 aromatic rings. The van der Waals surface area contributed by atoms with Gasteiger partial charge in [0.1, 0.15) is 12.1 Å². The molecular formula is C15H26N2O5. The van der Waals surface area contributed by atoms with Gasteiger partial charge >= 0.3 is 12.1 Å². The molecule has 2 unspecified atom stereocenters. The third kappa shape index (κ3) is 4.89. The Kier molecular flexibility index (Phi) is 7.14. The molecule has 1 aliphatic rings. The number of likely N-dealkylation sites (tertiary alicyclic amines) is 1. The minimum Gasteiger partial charge on any atom is -0.480 e. The molecule has 0 bridgehead atoms. The quantitative estimate of drug-likeness (QED) is 0.696. The first-order valence-electron chi connectivity index (χ1n) is 7.85. The third-order valence-corrected chi connectivity index (χ3v) is 3.74. The molecule has 7 nitrogen and oxygen atoms in total. The summed E-state index contributed by atoms with van der Waals surface area (Å²) >= 11 is 0. The van der Waals surface area contributed by atoms with Crippen molar-refractivity contribution in [2.24, 2.45) is 5.92 Å². The molecule has 22 heavy (non-hydrogen) atoms. The summed E-state index contributed by atoms with van der Waals surface area (Å²) in [5.74, 6) is -1.72. The van der Waals surface area contributed by atoms with Gasteiger partial charge in [0.15, 0.2) is 0 Å². The molecule has 2 N–H and O–H groups in total. The summed E-state index contributed by atoms with van der Waals surface area (Å²) in [6.45, 7) is 6.25. The lowest BCUT2D eigenvalue weighted by Gasteiger charge is -2.26. The third-order valence-electron chi connectivity index (χ3n) is 3.74. The van der Waals surface area contributed by atoms with E-state index in [4.69, 9.17) is 9.84 Å². The van der Waals surface area contributed by atoms with Gasteiger partial charge in [0.2, 0.25) is 5.91 Å². The van der Waals surface area contributed by atoms with E-state index in [0.29, 0.717) is 26.0 Å². The molecular weight excluding hydrogens is 288 g/mol. The van der Waals surface area contributed by atoms with Gasteiger partial charge in [-0.25, -0.2) is 9.59 Å². The highest BCUT2D eigenvalue weighted by molar-refractivity contribution is 5.89. The van der Waals surface area contributed by atoms with Gasteiger partial charge in [0.25, 0.3) is 0 Å². The molecule has 0 aliphatic carbocycles. The fourth-order valence-corrected chi connectivity index (χ4v) is 2.41. The smallest absolute Gasteiger partial charge is 0.410 e. The SMILES string of the molecule is CCCCOC(=O)N1CCCC1C(=O)NC(C(=O)O)C(C)C. The second-order valence-corrected chi connectivity index (χ2v) is 5.89. The van der Waals surface area contributed by atoms with Gasteiger partial charge in [0, 0.05) is 6.54 Å². The zero-order chi connectivity index (χ0) is 16.7. The Balaban J connectivity index is 2.63. The Morgan fingerprint density at radius 3 is 2.59 bits per heavy atom. The average molecular weight is 314 g/mol. The number of hydrogen-bond acceptors (Lipinski definition) is 4. The maximum Gasteiger partial charge on any atom is 0.410 e. The van der Waals surface area contributed by atoms with Gasteiger partial charge in [0.05, 0.1) is 6.61 Å². The van der Waals surface area contributed by atoms with Crippen LogP contribution in [-0.2, 0) is 14.3 Å². The number of carbonyl (C=O) groups excluding carboxylic acids is 2. The van der Waals surface area contributed by atoms with Crippen molar-refractivity contribution in [3.63, 3.8) is 0 Å². The number of rotatable bonds is 7. The highest BCUT2D eigenvalue weighted by Crippen LogP contribution is 2.19. The molecule has 2 amide bonds. The number of aliphatic carboxylic acids is 1. The lowest BCUT2D eigenvalue weighted by atomic mass is 10.0. The van der Waals surface area contributed by atoms with Crippen molar-refractivity contribution < 1.29 is 24.2 Å². The molecule has 7 heteroatoms. The summed E-state index contributed by atoms with van der Waals surface area (Å²) in [5, 5.41) is 11.7. The van der Waals surface area contributed by atoms with Gasteiger partial charge in [-0.3, -0.25) is 9.69 Å². The van der Waals surface area contributed by atoms with Crippen LogP contribution in [0.25, 0.3) is 0 Å². The van der Waals surface area contributed by atoms with Gasteiger partial charge < -0.3 is 15.2 Å². The van der Waals surface area contributed by atoms with Crippen LogP contribution in [0.4, 0.5) is 4.79 Å². The number of ether oxygens (including phenoxy) is 1. The largest absolute Gasteiger partial charge is 0.480 e. The van der Waals surface area contributed by atoms with Gasteiger partial charge in [-0.05, 0) is 25.2 Å². The van der Waals surface area contributed by atoms with Crippen molar-refractivity contribution in [2.75, 3.05) is 13.2 Å². The zero-order valence-electron chi connectivity index (χ0n) is 13.5. The van der Waals surface area contributed by atoms with E-state index in [1.807, 2.05) is 6.92 Å². The van der Waals surface area contributed by atoms with E-state index in [1.165, 1.54) is 4.90 Å². The minimum absolute atomic E-state index is 0.229. The van der Waals surface area contributed by atoms with Crippen LogP contribution in [0, 0.1) is 5.92 Å². The molecule has 1 saturated heterocycles. The van der Waals surface area contributed by atoms with E-state index in [0.717, 1.165) is 12.8 Å². The normalized spacial score (nSPS) is 19.1. The molecule has 1 fully saturated rings. The summed E-state index contributed by atoms with van der Waals surface area (Å²) in [6, 6.07) is -1.60. The summed E-state index contributed by atoms with van der Waals surface area (Å²) < 4.78 is 5.14. The van der Waals surface area contributed by atoms with Crippen LogP contribution in [0.15, 0.2) is 0 Å². The fraction of sp³-hybridized carbons (Fsp3) is 0.800. The lowest BCUT2D eigenvalue weighted by molar-refractivity contribution is -0.143. The summed E-state index contributed by atoms with van der Waals surface area (Å²) in [4.78, 5) is 36.8. The van der Waals surface area contributed by atoms with Crippen LogP contribution in [0.2, 0.25) is 0 Å². The molecule has 1 rings (SSSR count). The van der Waals surface area contributed by atoms with Gasteiger partial charge in [-0.15, -0.1) is 0 Å². The minimum atomic E-state index is -1.07. The molecule has 0 aromatic carbocycles. The highest BCUT2D eigenvalue weighted by Gasteiger charge is 2.37. The predicted octanol–water partition coefficient (Wildman–Crippen LogP) is 1.61. The van der Waals surface area contributed by atoms with Crippen LogP contribution in [-0.4, -0.2) is 53.2 Å². The molecule has 0 spiro atoms. The van der Waals surface area contributed by atoms with Crippen LogP contribution >= 0.6 is 0 Å². The van der Waals surface area contributed by atoms with Crippen LogP contribution in [0.3, 0.4) is 0 Å². The predicted molar refractivity (Wildman–Crippen MR) is 80.4 cm³/mol. The fourth-order valence-electron chi connectivity index (χ4n) is 2.41. The van der Waals surface area contributed by atoms with Gasteiger partial charge in [-0.2, -0.15) is 0 Å². The van der Waals surface area contributed by atoms with E-state index in [2.05, 4.69) is 5.32 Å². The van der Waals surface area contributed by atoms with E-state index < -0.39 is 30.1 Å². The molecule has 2 atom stereocenters. The lowest BCUT2D eigenvalue weighted by Crippen LogP contribution is -2.52. The van der Waals surface area contributed by atoms with Gasteiger partial charge in [-0.1, -0.05) is 27.2 Å². The summed E-state index contributed by atoms with van der Waals surface area (Å²) in [7, 11) is 0. The van der Waals surface area contributed by atoms with E-state index in [1.54, 1.807) is 13.8 Å². The summed E-state index contributed by atoms with van der Waals surface area (Å²) in [5.41, 5.74) is 0. The number of carbonyl (C=O) groups is 3.